The van der Waals surface area contributed by atoms with Gasteiger partial charge in [0.1, 0.15) is 34.9 Å². The molecule has 0 saturated heterocycles. The highest BCUT2D eigenvalue weighted by Gasteiger charge is 2.45. The molecular formula is C27H26FN5O4. The summed E-state index contributed by atoms with van der Waals surface area (Å²) >= 11 is 0. The van der Waals surface area contributed by atoms with Crippen molar-refractivity contribution in [2.75, 3.05) is 13.2 Å². The second-order valence-electron chi connectivity index (χ2n) is 9.72. The van der Waals surface area contributed by atoms with Gasteiger partial charge >= 0.3 is 0 Å². The molecule has 3 heterocycles. The van der Waals surface area contributed by atoms with Crippen molar-refractivity contribution in [3.8, 4) is 17.0 Å². The number of rotatable bonds is 6. The van der Waals surface area contributed by atoms with Gasteiger partial charge in [0, 0.05) is 29.1 Å². The molecule has 1 aliphatic heterocycles. The van der Waals surface area contributed by atoms with E-state index in [9.17, 15) is 19.1 Å². The highest BCUT2D eigenvalue weighted by molar-refractivity contribution is 5.98. The lowest BCUT2D eigenvalue weighted by Gasteiger charge is -2.26. The molecule has 4 aromatic rings. The van der Waals surface area contributed by atoms with Crippen LogP contribution < -0.4 is 15.8 Å². The Morgan fingerprint density at radius 3 is 2.68 bits per heavy atom. The summed E-state index contributed by atoms with van der Waals surface area (Å²) in [5.41, 5.74) is 5.78. The van der Waals surface area contributed by atoms with Crippen LogP contribution in [0.3, 0.4) is 0 Å². The fourth-order valence-electron chi connectivity index (χ4n) is 4.42. The fourth-order valence-corrected chi connectivity index (χ4v) is 4.42. The van der Waals surface area contributed by atoms with Gasteiger partial charge < -0.3 is 20.9 Å². The normalized spacial score (nSPS) is 18.2. The van der Waals surface area contributed by atoms with E-state index in [2.05, 4.69) is 15.4 Å². The standard InChI is InChI=1S/C27H26FN5O4/c1-26(25(29)35)14-37-23-19(26)11-21(32-22(23)15-4-7-18(28)8-5-15)27(2,36)13-30-24(34)16-6-9-20-17(10-16)12-31-33(20)3/h4-12,36H,13-14H2,1-3H3,(H2,29,35)(H,30,34)/t26-,27-/m0/s1. The minimum absolute atomic E-state index is 0.00664. The van der Waals surface area contributed by atoms with Gasteiger partial charge in [-0.25, -0.2) is 9.37 Å². The highest BCUT2D eigenvalue weighted by atomic mass is 19.1. The number of aliphatic hydroxyl groups is 1. The third kappa shape index (κ3) is 4.19. The topological polar surface area (TPSA) is 132 Å². The predicted octanol–water partition coefficient (Wildman–Crippen LogP) is 2.55. The summed E-state index contributed by atoms with van der Waals surface area (Å²) in [6.45, 7) is 3.01. The average molecular weight is 504 g/mol. The summed E-state index contributed by atoms with van der Waals surface area (Å²) in [5.74, 6) is -1.04. The van der Waals surface area contributed by atoms with Crippen molar-refractivity contribution in [2.45, 2.75) is 24.9 Å². The first kappa shape index (κ1) is 24.4. The number of hydrogen-bond acceptors (Lipinski definition) is 6. The molecule has 2 atom stereocenters. The summed E-state index contributed by atoms with van der Waals surface area (Å²) in [5, 5.41) is 19.2. The van der Waals surface area contributed by atoms with Gasteiger partial charge in [0.05, 0.1) is 24.0 Å². The number of pyridine rings is 1. The van der Waals surface area contributed by atoms with Crippen LogP contribution in [0.25, 0.3) is 22.2 Å². The Bertz CT molecular complexity index is 1550. The van der Waals surface area contributed by atoms with Crippen molar-refractivity contribution in [1.29, 1.82) is 0 Å². The van der Waals surface area contributed by atoms with Gasteiger partial charge in [-0.2, -0.15) is 5.10 Å². The second-order valence-corrected chi connectivity index (χ2v) is 9.72. The SMILES string of the molecule is Cn1ncc2cc(C(=O)NC[C@](C)(O)c3cc4c(c(-c5ccc(F)cc5)n3)OC[C@]4(C)C(N)=O)ccc21. The van der Waals surface area contributed by atoms with Crippen LogP contribution in [0.15, 0.2) is 54.7 Å². The number of benzene rings is 2. The van der Waals surface area contributed by atoms with E-state index in [-0.39, 0.29) is 24.8 Å². The molecule has 37 heavy (non-hydrogen) atoms. The Hall–Kier alpha value is -4.31. The third-order valence-corrected chi connectivity index (χ3v) is 6.89. The smallest absolute Gasteiger partial charge is 0.251 e. The van der Waals surface area contributed by atoms with Crippen molar-refractivity contribution in [3.63, 3.8) is 0 Å². The Morgan fingerprint density at radius 1 is 1.24 bits per heavy atom. The number of carbonyl (C=O) groups is 2. The van der Waals surface area contributed by atoms with Crippen molar-refractivity contribution in [1.82, 2.24) is 20.1 Å². The lowest BCUT2D eigenvalue weighted by molar-refractivity contribution is -0.123. The summed E-state index contributed by atoms with van der Waals surface area (Å²) in [7, 11) is 1.82. The Morgan fingerprint density at radius 2 is 1.97 bits per heavy atom. The molecule has 0 bridgehead atoms. The molecule has 2 aromatic heterocycles. The first-order valence-electron chi connectivity index (χ1n) is 11.7. The number of halogens is 1. The van der Waals surface area contributed by atoms with Gasteiger partial charge in [-0.15, -0.1) is 0 Å². The van der Waals surface area contributed by atoms with Crippen LogP contribution in [0.1, 0.15) is 35.5 Å². The molecule has 1 aliphatic rings. The van der Waals surface area contributed by atoms with E-state index in [1.807, 2.05) is 7.05 Å². The maximum atomic E-state index is 13.6. The lowest BCUT2D eigenvalue weighted by atomic mass is 9.82. The van der Waals surface area contributed by atoms with E-state index >= 15 is 0 Å². The third-order valence-electron chi connectivity index (χ3n) is 6.89. The van der Waals surface area contributed by atoms with E-state index in [1.54, 1.807) is 42.1 Å². The van der Waals surface area contributed by atoms with Gasteiger partial charge in [-0.1, -0.05) is 0 Å². The number of aromatic nitrogens is 3. The average Bonchev–Trinajstić information content (AvgIpc) is 3.43. The van der Waals surface area contributed by atoms with Crippen molar-refractivity contribution in [3.05, 3.63) is 77.4 Å². The number of aryl methyl sites for hydroxylation is 1. The van der Waals surface area contributed by atoms with E-state index in [0.717, 1.165) is 10.9 Å². The van der Waals surface area contributed by atoms with Crippen molar-refractivity contribution >= 4 is 22.7 Å². The van der Waals surface area contributed by atoms with Crippen LogP contribution in [0.4, 0.5) is 4.39 Å². The van der Waals surface area contributed by atoms with Crippen LogP contribution in [-0.4, -0.2) is 44.8 Å². The number of hydrogen-bond donors (Lipinski definition) is 3. The molecular weight excluding hydrogens is 477 g/mol. The monoisotopic (exact) mass is 503 g/mol. The van der Waals surface area contributed by atoms with Gasteiger partial charge in [0.25, 0.3) is 5.91 Å². The number of ether oxygens (including phenoxy) is 1. The Kier molecular flexibility index (Phi) is 5.71. The number of nitrogens with two attached hydrogens (primary N) is 1. The molecule has 0 spiro atoms. The summed E-state index contributed by atoms with van der Waals surface area (Å²) in [4.78, 5) is 29.9. The van der Waals surface area contributed by atoms with E-state index in [0.29, 0.717) is 28.1 Å². The number of fused-ring (bicyclic) bond motifs is 2. The minimum Gasteiger partial charge on any atom is -0.489 e. The summed E-state index contributed by atoms with van der Waals surface area (Å²) < 4.78 is 21.1. The first-order valence-corrected chi connectivity index (χ1v) is 11.7. The largest absolute Gasteiger partial charge is 0.489 e. The van der Waals surface area contributed by atoms with E-state index < -0.39 is 22.7 Å². The molecule has 0 radical (unpaired) electrons. The second kappa shape index (κ2) is 8.67. The maximum absolute atomic E-state index is 13.6. The van der Waals surface area contributed by atoms with Crippen LogP contribution in [0, 0.1) is 5.82 Å². The first-order chi connectivity index (χ1) is 17.5. The molecule has 0 aliphatic carbocycles. The van der Waals surface area contributed by atoms with Gasteiger partial charge in [-0.3, -0.25) is 14.3 Å². The van der Waals surface area contributed by atoms with Gasteiger partial charge in [0.2, 0.25) is 5.91 Å². The number of amides is 2. The zero-order chi connectivity index (χ0) is 26.5. The fraction of sp³-hybridized carbons (Fsp3) is 0.259. The molecule has 2 amide bonds. The van der Waals surface area contributed by atoms with Gasteiger partial charge in [0.15, 0.2) is 0 Å². The highest BCUT2D eigenvalue weighted by Crippen LogP contribution is 2.45. The number of nitrogens with zero attached hydrogens (tertiary/aromatic N) is 3. The molecule has 190 valence electrons. The molecule has 4 N–H and O–H groups in total. The van der Waals surface area contributed by atoms with Crippen LogP contribution in [0.2, 0.25) is 0 Å². The molecule has 0 fully saturated rings. The summed E-state index contributed by atoms with van der Waals surface area (Å²) in [6, 6.07) is 12.4. The quantitative estimate of drug-likeness (QED) is 0.371. The molecule has 5 rings (SSSR count). The molecule has 0 unspecified atom stereocenters. The van der Waals surface area contributed by atoms with E-state index in [4.69, 9.17) is 10.5 Å². The van der Waals surface area contributed by atoms with Gasteiger partial charge in [-0.05, 0) is 62.4 Å². The number of primary amides is 1. The minimum atomic E-state index is -1.63. The molecule has 9 nitrogen and oxygen atoms in total. The molecule has 0 saturated carbocycles. The summed E-state index contributed by atoms with van der Waals surface area (Å²) in [6.07, 6.45) is 1.67. The van der Waals surface area contributed by atoms with Crippen molar-refractivity contribution < 1.29 is 23.8 Å². The molecule has 2 aromatic carbocycles. The van der Waals surface area contributed by atoms with Crippen molar-refractivity contribution in [2.24, 2.45) is 12.8 Å². The number of carbonyl (C=O) groups excluding carboxylic acids is 2. The Labute approximate surface area is 212 Å². The predicted molar refractivity (Wildman–Crippen MR) is 134 cm³/mol. The molecule has 10 heteroatoms. The van der Waals surface area contributed by atoms with Crippen LogP contribution in [0.5, 0.6) is 5.75 Å². The van der Waals surface area contributed by atoms with Crippen LogP contribution in [-0.2, 0) is 22.9 Å². The van der Waals surface area contributed by atoms with Crippen LogP contribution >= 0.6 is 0 Å². The maximum Gasteiger partial charge on any atom is 0.251 e. The zero-order valence-electron chi connectivity index (χ0n) is 20.6. The zero-order valence-corrected chi connectivity index (χ0v) is 20.6. The lowest BCUT2D eigenvalue weighted by Crippen LogP contribution is -2.41. The Balaban J connectivity index is 1.49. The van der Waals surface area contributed by atoms with E-state index in [1.165, 1.54) is 31.2 Å². The number of nitrogens with one attached hydrogen (secondary N) is 1.